The van der Waals surface area contributed by atoms with E-state index in [9.17, 15) is 0 Å². The van der Waals surface area contributed by atoms with Crippen molar-refractivity contribution in [3.8, 4) is 56.4 Å². The second-order valence-corrected chi connectivity index (χ2v) is 17.7. The third kappa shape index (κ3) is 5.49. The fourth-order valence-electron chi connectivity index (χ4n) is 11.9. The van der Waals surface area contributed by atoms with Gasteiger partial charge >= 0.3 is 0 Å². The van der Waals surface area contributed by atoms with Crippen molar-refractivity contribution in [2.24, 2.45) is 23.7 Å². The van der Waals surface area contributed by atoms with Gasteiger partial charge in [0.2, 0.25) is 0 Å². The van der Waals surface area contributed by atoms with Gasteiger partial charge < -0.3 is 0 Å². The number of nitrogens with zero attached hydrogens (tertiary/aromatic N) is 3. The summed E-state index contributed by atoms with van der Waals surface area (Å²) < 4.78 is 0. The average molecular weight is 733 g/mol. The predicted molar refractivity (Wildman–Crippen MR) is 255 cm³/mol. The molecule has 0 radical (unpaired) electrons. The number of hydrogen-bond acceptors (Lipinski definition) is 3. The highest BCUT2D eigenvalue weighted by Crippen LogP contribution is 2.66. The summed E-state index contributed by atoms with van der Waals surface area (Å²) in [5.41, 5.74) is 17.9. The fourth-order valence-corrected chi connectivity index (χ4v) is 11.9. The number of aromatic nitrogens is 3. The van der Waals surface area contributed by atoms with E-state index in [4.69, 9.17) is 15.0 Å². The van der Waals surface area contributed by atoms with E-state index in [1.807, 2.05) is 0 Å². The molecule has 6 aromatic carbocycles. The molecule has 1 heterocycles. The van der Waals surface area contributed by atoms with E-state index in [0.717, 1.165) is 40.2 Å². The molecule has 5 unspecified atom stereocenters. The van der Waals surface area contributed by atoms with Crippen LogP contribution in [0, 0.1) is 23.7 Å². The molecule has 2 saturated carbocycles. The maximum Gasteiger partial charge on any atom is 0.164 e. The summed E-state index contributed by atoms with van der Waals surface area (Å²) in [5, 5.41) is 2.50. The van der Waals surface area contributed by atoms with Crippen LogP contribution in [0.5, 0.6) is 0 Å². The van der Waals surface area contributed by atoms with Gasteiger partial charge in [0.15, 0.2) is 17.5 Å². The van der Waals surface area contributed by atoms with Crippen LogP contribution in [0.1, 0.15) is 57.1 Å². The normalized spacial score (nSPS) is 22.1. The minimum atomic E-state index is -0.0423. The summed E-state index contributed by atoms with van der Waals surface area (Å²) >= 11 is 0. The minimum absolute atomic E-state index is 0.0423. The molecule has 5 atom stereocenters. The second-order valence-electron chi connectivity index (χ2n) is 17.7. The monoisotopic (exact) mass is 733 g/mol. The molecule has 2 bridgehead atoms. The highest BCUT2D eigenvalue weighted by Gasteiger charge is 2.57. The van der Waals surface area contributed by atoms with Crippen LogP contribution in [0.25, 0.3) is 67.2 Å². The van der Waals surface area contributed by atoms with Gasteiger partial charge in [-0.05, 0) is 99.6 Å². The first-order chi connectivity index (χ1) is 27.7. The Morgan fingerprint density at radius 1 is 0.526 bits per heavy atom. The first-order valence-corrected chi connectivity index (χ1v) is 21.3. The van der Waals surface area contributed by atoms with Crippen molar-refractivity contribution < 1.29 is 0 Å². The van der Waals surface area contributed by atoms with E-state index >= 15 is 0 Å². The molecule has 0 N–H and O–H groups in total. The average Bonchev–Trinajstić information content (AvgIpc) is 3.55. The lowest BCUT2D eigenvalue weighted by atomic mass is 9.49. The topological polar surface area (TPSA) is 38.7 Å². The number of benzene rings is 6. The molecule has 0 amide bonds. The smallest absolute Gasteiger partial charge is 0.164 e. The Labute approximate surface area is 342 Å². The van der Waals surface area contributed by atoms with E-state index in [-0.39, 0.29) is 5.41 Å². The van der Waals surface area contributed by atoms with Crippen LogP contribution in [0.2, 0.25) is 0 Å². The van der Waals surface area contributed by atoms with Crippen LogP contribution in [0.4, 0.5) is 0 Å². The molecule has 57 heavy (non-hydrogen) atoms. The standard InChI is InChI=1S/C49H48B5N3/c1-3-27-22-28-21-26(2)49(32(23-27)24-28)37-16-10-9-15-35(37)39-34-14-8-7-13-33(34)36(25-38(39)49)47-55-46(31-19-17-30(18-20-31)29-11-5-4-6-12-29)56-48(57-47)40-41(50)43(52)45(54)44(53)42(40)51/h4-20,25-28,32H,3,21-24,50-54H2,1-2H3. The zero-order valence-corrected chi connectivity index (χ0v) is 34.6. The second kappa shape index (κ2) is 13.8. The molecule has 1 spiro atoms. The Hall–Kier alpha value is -5.09. The molecule has 2 fully saturated rings. The van der Waals surface area contributed by atoms with Gasteiger partial charge in [-0.25, -0.2) is 15.0 Å². The maximum absolute atomic E-state index is 5.54. The molecule has 1 aromatic heterocycles. The van der Waals surface area contributed by atoms with Gasteiger partial charge in [-0.2, -0.15) is 0 Å². The van der Waals surface area contributed by atoms with E-state index < -0.39 is 0 Å². The molecule has 7 aromatic rings. The first kappa shape index (κ1) is 36.3. The predicted octanol–water partition coefficient (Wildman–Crippen LogP) is 3.73. The van der Waals surface area contributed by atoms with Crippen molar-refractivity contribution in [2.75, 3.05) is 0 Å². The van der Waals surface area contributed by atoms with Gasteiger partial charge in [0.05, 0.1) is 0 Å². The Morgan fingerprint density at radius 3 is 1.86 bits per heavy atom. The molecule has 274 valence electrons. The maximum atomic E-state index is 5.54. The lowest BCUT2D eigenvalue weighted by Gasteiger charge is -2.54. The quantitative estimate of drug-likeness (QED) is 0.254. The van der Waals surface area contributed by atoms with Crippen molar-refractivity contribution in [2.45, 2.75) is 51.4 Å². The highest BCUT2D eigenvalue weighted by molar-refractivity contribution is 6.68. The van der Waals surface area contributed by atoms with Crippen molar-refractivity contribution in [3.05, 3.63) is 120 Å². The van der Waals surface area contributed by atoms with Crippen molar-refractivity contribution >= 4 is 77.3 Å². The van der Waals surface area contributed by atoms with E-state index in [0.29, 0.717) is 17.7 Å². The highest BCUT2D eigenvalue weighted by atomic mass is 15.0. The summed E-state index contributed by atoms with van der Waals surface area (Å²) in [4.78, 5) is 16.4. The summed E-state index contributed by atoms with van der Waals surface area (Å²) in [5.74, 6) is 4.96. The fraction of sp³-hybridized carbons (Fsp3) is 0.245. The molecule has 0 aliphatic heterocycles. The zero-order chi connectivity index (χ0) is 39.2. The number of rotatable bonds is 5. The molecule has 3 aliphatic rings. The number of hydrogen-bond donors (Lipinski definition) is 0. The van der Waals surface area contributed by atoms with Gasteiger partial charge in [-0.1, -0.05) is 134 Å². The van der Waals surface area contributed by atoms with Crippen molar-refractivity contribution in [1.29, 1.82) is 0 Å². The molecule has 3 aliphatic carbocycles. The molecule has 8 heteroatoms. The summed E-state index contributed by atoms with van der Waals surface area (Å²) in [6.45, 7) is 4.98. The molecule has 10 rings (SSSR count). The van der Waals surface area contributed by atoms with Crippen LogP contribution in [-0.4, -0.2) is 54.2 Å². The SMILES string of the molecule is Bc1c(B)c(B)c(-c2nc(-c3ccc(-c4ccccc4)cc3)nc(-c3cc4c(c5ccccc35)-c3ccccc3C43C(C)CC4CC(CC)CC3C4)n2)c(B)c1B. The lowest BCUT2D eigenvalue weighted by molar-refractivity contribution is 0.0369. The summed E-state index contributed by atoms with van der Waals surface area (Å²) in [6, 6.07) is 40.3. The lowest BCUT2D eigenvalue weighted by Crippen LogP contribution is -2.55. The Bertz CT molecular complexity index is 2700. The van der Waals surface area contributed by atoms with Gasteiger partial charge in [0, 0.05) is 22.1 Å². The zero-order valence-electron chi connectivity index (χ0n) is 34.6. The van der Waals surface area contributed by atoms with Gasteiger partial charge in [0.25, 0.3) is 0 Å². The Kier molecular flexibility index (Phi) is 8.77. The minimum Gasteiger partial charge on any atom is -0.208 e. The van der Waals surface area contributed by atoms with Crippen molar-refractivity contribution in [1.82, 2.24) is 15.0 Å². The van der Waals surface area contributed by atoms with Crippen LogP contribution in [-0.2, 0) is 5.41 Å². The molecular weight excluding hydrogens is 685 g/mol. The largest absolute Gasteiger partial charge is 0.208 e. The molecule has 0 saturated heterocycles. The molecular formula is C49H48B5N3. The third-order valence-corrected chi connectivity index (χ3v) is 15.1. The third-order valence-electron chi connectivity index (χ3n) is 15.1. The summed E-state index contributed by atoms with van der Waals surface area (Å²) in [6.07, 6.45) is 6.57. The van der Waals surface area contributed by atoms with Gasteiger partial charge in [0.1, 0.15) is 39.2 Å². The Morgan fingerprint density at radius 2 is 1.12 bits per heavy atom. The molecule has 3 nitrogen and oxygen atoms in total. The van der Waals surface area contributed by atoms with Crippen LogP contribution in [0.3, 0.4) is 0 Å². The van der Waals surface area contributed by atoms with Crippen LogP contribution < -0.4 is 27.3 Å². The first-order valence-electron chi connectivity index (χ1n) is 21.3. The van der Waals surface area contributed by atoms with E-state index in [1.165, 1.54) is 98.0 Å². The summed E-state index contributed by atoms with van der Waals surface area (Å²) in [7, 11) is 11.2. The van der Waals surface area contributed by atoms with Gasteiger partial charge in [-0.15, -0.1) is 16.4 Å². The van der Waals surface area contributed by atoms with Gasteiger partial charge in [-0.3, -0.25) is 0 Å². The Balaban J connectivity index is 1.25. The van der Waals surface area contributed by atoms with Crippen molar-refractivity contribution in [3.63, 3.8) is 0 Å². The van der Waals surface area contributed by atoms with Crippen LogP contribution >= 0.6 is 0 Å². The van der Waals surface area contributed by atoms with E-state index in [2.05, 4.69) is 162 Å². The number of fused-ring (bicyclic) bond motifs is 10. The van der Waals surface area contributed by atoms with E-state index in [1.54, 1.807) is 5.56 Å². The van der Waals surface area contributed by atoms with Crippen LogP contribution in [0.15, 0.2) is 109 Å².